The molecule has 1 aliphatic carbocycles. The summed E-state index contributed by atoms with van der Waals surface area (Å²) < 4.78 is 5.10. The van der Waals surface area contributed by atoms with Crippen molar-refractivity contribution in [1.82, 2.24) is 0 Å². The van der Waals surface area contributed by atoms with Crippen molar-refractivity contribution in [3.63, 3.8) is 0 Å². The molecule has 0 amide bonds. The van der Waals surface area contributed by atoms with Crippen LogP contribution in [0.2, 0.25) is 0 Å². The summed E-state index contributed by atoms with van der Waals surface area (Å²) in [4.78, 5) is 0. The van der Waals surface area contributed by atoms with Gasteiger partial charge in [-0.05, 0) is 43.0 Å². The van der Waals surface area contributed by atoms with Crippen LogP contribution in [0.3, 0.4) is 0 Å². The first-order chi connectivity index (χ1) is 5.92. The average Bonchev–Trinajstić information content (AvgIpc) is 2.50. The standard InChI is InChI=1S/C10H13NO/c11-5-3-8-1-2-9-7-12-6-4-10(8)9/h4,6-7H,1-3,5,11H2. The van der Waals surface area contributed by atoms with Gasteiger partial charge in [-0.2, -0.15) is 0 Å². The molecule has 2 aliphatic rings. The first-order valence-corrected chi connectivity index (χ1v) is 4.35. The van der Waals surface area contributed by atoms with E-state index in [-0.39, 0.29) is 0 Å². The summed E-state index contributed by atoms with van der Waals surface area (Å²) in [6, 6.07) is 0. The lowest BCUT2D eigenvalue weighted by molar-refractivity contribution is 0.393. The highest BCUT2D eigenvalue weighted by Crippen LogP contribution is 2.35. The molecule has 2 heteroatoms. The van der Waals surface area contributed by atoms with E-state index in [9.17, 15) is 0 Å². The lowest BCUT2D eigenvalue weighted by Gasteiger charge is -2.06. The first-order valence-electron chi connectivity index (χ1n) is 4.35. The van der Waals surface area contributed by atoms with E-state index < -0.39 is 0 Å². The van der Waals surface area contributed by atoms with Crippen molar-refractivity contribution >= 4 is 0 Å². The van der Waals surface area contributed by atoms with Crippen LogP contribution < -0.4 is 5.73 Å². The number of hydrogen-bond acceptors (Lipinski definition) is 2. The zero-order valence-electron chi connectivity index (χ0n) is 7.05. The monoisotopic (exact) mass is 163 g/mol. The summed E-state index contributed by atoms with van der Waals surface area (Å²) in [5.74, 6) is 0. The van der Waals surface area contributed by atoms with E-state index >= 15 is 0 Å². The number of allylic oxidation sites excluding steroid dienone is 3. The van der Waals surface area contributed by atoms with Gasteiger partial charge in [0.05, 0.1) is 12.5 Å². The predicted octanol–water partition coefficient (Wildman–Crippen LogP) is 1.85. The topological polar surface area (TPSA) is 35.2 Å². The molecule has 0 atom stereocenters. The fourth-order valence-corrected chi connectivity index (χ4v) is 1.79. The Kier molecular flexibility index (Phi) is 2.00. The third-order valence-electron chi connectivity index (χ3n) is 2.39. The fraction of sp³-hybridized carbons (Fsp3) is 0.400. The molecule has 0 saturated carbocycles. The lowest BCUT2D eigenvalue weighted by atomic mass is 10.1. The van der Waals surface area contributed by atoms with Gasteiger partial charge < -0.3 is 10.5 Å². The molecule has 2 N–H and O–H groups in total. The number of rotatable bonds is 2. The second-order valence-corrected chi connectivity index (χ2v) is 3.14. The maximum atomic E-state index is 5.52. The maximum Gasteiger partial charge on any atom is 0.0939 e. The van der Waals surface area contributed by atoms with Gasteiger partial charge in [0.15, 0.2) is 0 Å². The smallest absolute Gasteiger partial charge is 0.0939 e. The SMILES string of the molecule is NCCC1=C2C=COC=C2CC1. The van der Waals surface area contributed by atoms with Crippen LogP contribution in [0.5, 0.6) is 0 Å². The van der Waals surface area contributed by atoms with Crippen LogP contribution in [0.25, 0.3) is 0 Å². The van der Waals surface area contributed by atoms with Gasteiger partial charge in [0.25, 0.3) is 0 Å². The second kappa shape index (κ2) is 3.15. The van der Waals surface area contributed by atoms with E-state index in [1.807, 2.05) is 12.3 Å². The third-order valence-corrected chi connectivity index (χ3v) is 2.39. The molecule has 0 radical (unpaired) electrons. The minimum Gasteiger partial charge on any atom is -0.472 e. The molecule has 0 unspecified atom stereocenters. The van der Waals surface area contributed by atoms with Crippen LogP contribution in [0.4, 0.5) is 0 Å². The van der Waals surface area contributed by atoms with Gasteiger partial charge in [0.1, 0.15) is 0 Å². The van der Waals surface area contributed by atoms with Crippen LogP contribution in [-0.2, 0) is 4.74 Å². The van der Waals surface area contributed by atoms with Gasteiger partial charge in [-0.25, -0.2) is 0 Å². The highest BCUT2D eigenvalue weighted by molar-refractivity contribution is 5.48. The molecule has 0 spiro atoms. The first kappa shape index (κ1) is 7.62. The second-order valence-electron chi connectivity index (χ2n) is 3.14. The Morgan fingerprint density at radius 2 is 2.33 bits per heavy atom. The Morgan fingerprint density at radius 3 is 3.17 bits per heavy atom. The molecule has 0 aromatic rings. The Balaban J connectivity index is 2.26. The minimum absolute atomic E-state index is 0.751. The van der Waals surface area contributed by atoms with Gasteiger partial charge in [-0.1, -0.05) is 5.57 Å². The molecule has 0 saturated heterocycles. The van der Waals surface area contributed by atoms with Crippen LogP contribution in [0, 0.1) is 0 Å². The van der Waals surface area contributed by atoms with E-state index in [2.05, 4.69) is 0 Å². The lowest BCUT2D eigenvalue weighted by Crippen LogP contribution is -2.00. The van der Waals surface area contributed by atoms with Crippen molar-refractivity contribution in [3.8, 4) is 0 Å². The summed E-state index contributed by atoms with van der Waals surface area (Å²) in [7, 11) is 0. The summed E-state index contributed by atoms with van der Waals surface area (Å²) >= 11 is 0. The van der Waals surface area contributed by atoms with Crippen molar-refractivity contribution in [2.45, 2.75) is 19.3 Å². The highest BCUT2D eigenvalue weighted by Gasteiger charge is 2.18. The molecule has 2 rings (SSSR count). The minimum atomic E-state index is 0.751. The maximum absolute atomic E-state index is 5.52. The van der Waals surface area contributed by atoms with Crippen molar-refractivity contribution in [2.24, 2.45) is 5.73 Å². The normalized spacial score (nSPS) is 20.6. The Hall–Kier alpha value is -1.02. The Labute approximate surface area is 72.4 Å². The molecule has 12 heavy (non-hydrogen) atoms. The van der Waals surface area contributed by atoms with Crippen molar-refractivity contribution in [3.05, 3.63) is 35.3 Å². The zero-order chi connectivity index (χ0) is 8.39. The summed E-state index contributed by atoms with van der Waals surface area (Å²) in [6.07, 6.45) is 8.94. The summed E-state index contributed by atoms with van der Waals surface area (Å²) in [6.45, 7) is 0.751. The van der Waals surface area contributed by atoms with E-state index in [1.54, 1.807) is 6.26 Å². The van der Waals surface area contributed by atoms with E-state index in [0.717, 1.165) is 25.8 Å². The Morgan fingerprint density at radius 1 is 1.42 bits per heavy atom. The van der Waals surface area contributed by atoms with Crippen LogP contribution in [-0.4, -0.2) is 6.54 Å². The van der Waals surface area contributed by atoms with Gasteiger partial charge in [0, 0.05) is 0 Å². The number of fused-ring (bicyclic) bond motifs is 1. The number of ether oxygens (including phenoxy) is 1. The molecule has 0 bridgehead atoms. The van der Waals surface area contributed by atoms with E-state index in [4.69, 9.17) is 10.5 Å². The number of hydrogen-bond donors (Lipinski definition) is 1. The van der Waals surface area contributed by atoms with Crippen molar-refractivity contribution < 1.29 is 4.74 Å². The molecule has 1 aliphatic heterocycles. The quantitative estimate of drug-likeness (QED) is 0.674. The summed E-state index contributed by atoms with van der Waals surface area (Å²) in [5.41, 5.74) is 9.71. The van der Waals surface area contributed by atoms with Gasteiger partial charge in [-0.3, -0.25) is 0 Å². The molecule has 1 heterocycles. The molecule has 0 aromatic heterocycles. The molecular formula is C10H13NO. The average molecular weight is 163 g/mol. The third kappa shape index (κ3) is 1.18. The molecule has 2 nitrogen and oxygen atoms in total. The predicted molar refractivity (Wildman–Crippen MR) is 48.2 cm³/mol. The largest absolute Gasteiger partial charge is 0.472 e. The van der Waals surface area contributed by atoms with E-state index in [0.29, 0.717) is 0 Å². The zero-order valence-corrected chi connectivity index (χ0v) is 7.05. The molecular weight excluding hydrogens is 150 g/mol. The van der Waals surface area contributed by atoms with Gasteiger partial charge in [0.2, 0.25) is 0 Å². The summed E-state index contributed by atoms with van der Waals surface area (Å²) in [5, 5.41) is 0. The van der Waals surface area contributed by atoms with Crippen LogP contribution in [0.1, 0.15) is 19.3 Å². The Bertz CT molecular complexity index is 274. The number of nitrogens with two attached hydrogens (primary N) is 1. The fourth-order valence-electron chi connectivity index (χ4n) is 1.79. The molecule has 64 valence electrons. The van der Waals surface area contributed by atoms with Crippen LogP contribution >= 0.6 is 0 Å². The molecule has 0 aromatic carbocycles. The van der Waals surface area contributed by atoms with Crippen molar-refractivity contribution in [1.29, 1.82) is 0 Å². The van der Waals surface area contributed by atoms with Gasteiger partial charge in [-0.15, -0.1) is 0 Å². The van der Waals surface area contributed by atoms with E-state index in [1.165, 1.54) is 16.7 Å². The molecule has 0 fully saturated rings. The highest BCUT2D eigenvalue weighted by atomic mass is 16.5. The van der Waals surface area contributed by atoms with Gasteiger partial charge >= 0.3 is 0 Å². The van der Waals surface area contributed by atoms with Crippen molar-refractivity contribution in [2.75, 3.05) is 6.54 Å². The van der Waals surface area contributed by atoms with Crippen LogP contribution in [0.15, 0.2) is 35.3 Å².